The summed E-state index contributed by atoms with van der Waals surface area (Å²) in [7, 11) is 0. The number of aromatic nitrogens is 1. The summed E-state index contributed by atoms with van der Waals surface area (Å²) in [6.07, 6.45) is 5.02. The zero-order valence-electron chi connectivity index (χ0n) is 6.60. The topological polar surface area (TPSA) is 33.2 Å². The van der Waals surface area contributed by atoms with Gasteiger partial charge in [-0.2, -0.15) is 0 Å². The molecule has 1 amide bonds. The number of rotatable bonds is 4. The van der Waals surface area contributed by atoms with Gasteiger partial charge >= 0.3 is 6.41 Å². The molecular formula is C9H9N2O. The van der Waals surface area contributed by atoms with Crippen molar-refractivity contribution in [3.8, 4) is 0 Å². The van der Waals surface area contributed by atoms with Crippen LogP contribution >= 0.6 is 0 Å². The van der Waals surface area contributed by atoms with Crippen molar-refractivity contribution in [3.05, 3.63) is 37.1 Å². The van der Waals surface area contributed by atoms with Crippen LogP contribution in [0.2, 0.25) is 0 Å². The first kappa shape index (κ1) is 8.46. The molecule has 12 heavy (non-hydrogen) atoms. The van der Waals surface area contributed by atoms with Gasteiger partial charge in [0.1, 0.15) is 5.82 Å². The maximum Gasteiger partial charge on any atom is 0.318 e. The number of nitrogens with zero attached hydrogens (tertiary/aromatic N) is 2. The van der Waals surface area contributed by atoms with Crippen LogP contribution in [-0.4, -0.2) is 17.9 Å². The summed E-state index contributed by atoms with van der Waals surface area (Å²) in [6.45, 7) is 3.96. The summed E-state index contributed by atoms with van der Waals surface area (Å²) in [5.74, 6) is 0.590. The van der Waals surface area contributed by atoms with Crippen LogP contribution in [0.4, 0.5) is 5.82 Å². The second-order valence-corrected chi connectivity index (χ2v) is 2.18. The van der Waals surface area contributed by atoms with Crippen molar-refractivity contribution in [1.29, 1.82) is 0 Å². The molecule has 61 valence electrons. The normalized spacial score (nSPS) is 9.00. The minimum Gasteiger partial charge on any atom is -0.285 e. The first-order chi connectivity index (χ1) is 5.88. The van der Waals surface area contributed by atoms with Gasteiger partial charge in [0.05, 0.1) is 0 Å². The number of hydrogen-bond donors (Lipinski definition) is 0. The highest BCUT2D eigenvalue weighted by Gasteiger charge is 2.02. The fourth-order valence-corrected chi connectivity index (χ4v) is 0.820. The Balaban J connectivity index is 2.79. The lowest BCUT2D eigenvalue weighted by molar-refractivity contribution is 0.552. The lowest BCUT2D eigenvalue weighted by Crippen LogP contribution is -2.21. The van der Waals surface area contributed by atoms with E-state index in [1.165, 1.54) is 4.90 Å². The summed E-state index contributed by atoms with van der Waals surface area (Å²) in [4.78, 5) is 15.7. The van der Waals surface area contributed by atoms with E-state index in [2.05, 4.69) is 11.6 Å². The first-order valence-corrected chi connectivity index (χ1v) is 3.55. The van der Waals surface area contributed by atoms with Gasteiger partial charge in [0.15, 0.2) is 0 Å². The van der Waals surface area contributed by atoms with E-state index in [0.29, 0.717) is 12.4 Å². The quantitative estimate of drug-likeness (QED) is 0.490. The third-order valence-corrected chi connectivity index (χ3v) is 1.35. The largest absolute Gasteiger partial charge is 0.318 e. The number of carbonyl (C=O) groups excluding carboxylic acids is 1. The molecule has 0 aliphatic carbocycles. The van der Waals surface area contributed by atoms with E-state index in [4.69, 9.17) is 0 Å². The van der Waals surface area contributed by atoms with E-state index in [0.717, 1.165) is 0 Å². The average Bonchev–Trinajstić information content (AvgIpc) is 2.15. The number of pyridine rings is 1. The number of amides is 1. The highest BCUT2D eigenvalue weighted by Crippen LogP contribution is 2.05. The van der Waals surface area contributed by atoms with Crippen molar-refractivity contribution in [1.82, 2.24) is 4.98 Å². The van der Waals surface area contributed by atoms with Crippen LogP contribution in [0.3, 0.4) is 0 Å². The van der Waals surface area contributed by atoms with E-state index in [1.54, 1.807) is 30.8 Å². The molecule has 0 aliphatic rings. The SMILES string of the molecule is C=CCN([C]=O)c1ccccn1. The molecule has 0 fully saturated rings. The molecule has 1 heterocycles. The van der Waals surface area contributed by atoms with Gasteiger partial charge in [-0.15, -0.1) is 6.58 Å². The smallest absolute Gasteiger partial charge is 0.285 e. The zero-order chi connectivity index (χ0) is 8.81. The van der Waals surface area contributed by atoms with Crippen LogP contribution in [0.15, 0.2) is 37.1 Å². The van der Waals surface area contributed by atoms with Crippen LogP contribution in [0, 0.1) is 0 Å². The molecule has 1 rings (SSSR count). The Kier molecular flexibility index (Phi) is 3.02. The fourth-order valence-electron chi connectivity index (χ4n) is 0.820. The maximum absolute atomic E-state index is 10.4. The third-order valence-electron chi connectivity index (χ3n) is 1.35. The predicted octanol–water partition coefficient (Wildman–Crippen LogP) is 1.14. The Hall–Kier alpha value is -1.64. The van der Waals surface area contributed by atoms with Gasteiger partial charge in [-0.1, -0.05) is 12.1 Å². The van der Waals surface area contributed by atoms with Gasteiger partial charge < -0.3 is 0 Å². The summed E-state index contributed by atoms with van der Waals surface area (Å²) in [6, 6.07) is 5.35. The first-order valence-electron chi connectivity index (χ1n) is 3.55. The van der Waals surface area contributed by atoms with Crippen LogP contribution in [0.5, 0.6) is 0 Å². The van der Waals surface area contributed by atoms with Crippen molar-refractivity contribution in [2.24, 2.45) is 0 Å². The van der Waals surface area contributed by atoms with Gasteiger partial charge in [0.25, 0.3) is 0 Å². The van der Waals surface area contributed by atoms with Gasteiger partial charge in [-0.3, -0.25) is 9.69 Å². The molecule has 0 bridgehead atoms. The minimum absolute atomic E-state index is 0.431. The van der Waals surface area contributed by atoms with E-state index >= 15 is 0 Å². The van der Waals surface area contributed by atoms with Crippen molar-refractivity contribution in [2.45, 2.75) is 0 Å². The molecule has 0 saturated carbocycles. The molecule has 0 aliphatic heterocycles. The van der Waals surface area contributed by atoms with Crippen LogP contribution in [-0.2, 0) is 4.79 Å². The Bertz CT molecular complexity index is 258. The van der Waals surface area contributed by atoms with Gasteiger partial charge in [0, 0.05) is 12.7 Å². The molecule has 1 radical (unpaired) electrons. The third kappa shape index (κ3) is 1.92. The van der Waals surface area contributed by atoms with E-state index in [-0.39, 0.29) is 0 Å². The van der Waals surface area contributed by atoms with Gasteiger partial charge in [-0.25, -0.2) is 4.98 Å². The molecule has 0 N–H and O–H groups in total. The molecule has 1 aromatic rings. The van der Waals surface area contributed by atoms with Crippen LogP contribution in [0.1, 0.15) is 0 Å². The molecular weight excluding hydrogens is 152 g/mol. The fraction of sp³-hybridized carbons (Fsp3) is 0.111. The van der Waals surface area contributed by atoms with Crippen molar-refractivity contribution in [3.63, 3.8) is 0 Å². The summed E-state index contributed by atoms with van der Waals surface area (Å²) in [5, 5.41) is 0. The highest BCUT2D eigenvalue weighted by molar-refractivity contribution is 5.73. The molecule has 3 heteroatoms. The summed E-state index contributed by atoms with van der Waals surface area (Å²) < 4.78 is 0. The molecule has 0 atom stereocenters. The van der Waals surface area contributed by atoms with Crippen LogP contribution < -0.4 is 4.90 Å². The molecule has 0 aromatic carbocycles. The molecule has 0 saturated heterocycles. The predicted molar refractivity (Wildman–Crippen MR) is 47.5 cm³/mol. The lowest BCUT2D eigenvalue weighted by Gasteiger charge is -2.11. The van der Waals surface area contributed by atoms with E-state index < -0.39 is 0 Å². The molecule has 3 nitrogen and oxygen atoms in total. The summed E-state index contributed by atoms with van der Waals surface area (Å²) in [5.41, 5.74) is 0. The second-order valence-electron chi connectivity index (χ2n) is 2.18. The van der Waals surface area contributed by atoms with Crippen molar-refractivity contribution < 1.29 is 4.79 Å². The zero-order valence-corrected chi connectivity index (χ0v) is 6.60. The number of anilines is 1. The second kappa shape index (κ2) is 4.28. The lowest BCUT2D eigenvalue weighted by atomic mass is 10.4. The molecule has 0 unspecified atom stereocenters. The van der Waals surface area contributed by atoms with Crippen LogP contribution in [0.25, 0.3) is 0 Å². The maximum atomic E-state index is 10.4. The molecule has 1 aromatic heterocycles. The van der Waals surface area contributed by atoms with E-state index in [9.17, 15) is 4.79 Å². The van der Waals surface area contributed by atoms with Crippen molar-refractivity contribution >= 4 is 12.2 Å². The Morgan fingerprint density at radius 3 is 3.00 bits per heavy atom. The summed E-state index contributed by atoms with van der Waals surface area (Å²) >= 11 is 0. The van der Waals surface area contributed by atoms with Crippen molar-refractivity contribution in [2.75, 3.05) is 11.4 Å². The molecule has 0 spiro atoms. The Morgan fingerprint density at radius 1 is 1.67 bits per heavy atom. The van der Waals surface area contributed by atoms with E-state index in [1.807, 2.05) is 6.07 Å². The highest BCUT2D eigenvalue weighted by atomic mass is 16.1. The minimum atomic E-state index is 0.431. The van der Waals surface area contributed by atoms with Gasteiger partial charge in [-0.05, 0) is 12.1 Å². The van der Waals surface area contributed by atoms with Gasteiger partial charge in [0.2, 0.25) is 0 Å². The average molecular weight is 161 g/mol. The standard InChI is InChI=1S/C9H9N2O/c1-2-7-11(8-12)9-5-3-4-6-10-9/h2-6H,1,7H2. The Labute approximate surface area is 71.3 Å². The number of hydrogen-bond acceptors (Lipinski definition) is 2. The monoisotopic (exact) mass is 161 g/mol. The Morgan fingerprint density at radius 2 is 2.50 bits per heavy atom.